The zero-order chi connectivity index (χ0) is 12.1. The molecule has 0 spiro atoms. The number of benzene rings is 1. The van der Waals surface area contributed by atoms with Gasteiger partial charge in [0.1, 0.15) is 0 Å². The largest absolute Gasteiger partial charge is 0.494 e. The monoisotopic (exact) mass is 246 g/mol. The van der Waals surface area contributed by atoms with Crippen molar-refractivity contribution in [1.29, 1.82) is 0 Å². The fourth-order valence-corrected chi connectivity index (χ4v) is 1.59. The van der Waals surface area contributed by atoms with Gasteiger partial charge in [0.2, 0.25) is 0 Å². The molecule has 0 heterocycles. The predicted molar refractivity (Wildman–Crippen MR) is 58.5 cm³/mol. The number of rotatable bonds is 5. The standard InChI is InChI=1S/C11H12ClFO3/c1-16-9-6-7(3-2-4-10(14)15)5-8(12)11(9)13/h5-6H,2-4H2,1H3,(H,14,15). The molecule has 88 valence electrons. The molecule has 0 bridgehead atoms. The van der Waals surface area contributed by atoms with Gasteiger partial charge in [0.25, 0.3) is 0 Å². The van der Waals surface area contributed by atoms with Gasteiger partial charge in [0.15, 0.2) is 11.6 Å². The second-order valence-electron chi connectivity index (χ2n) is 3.34. The molecule has 1 rings (SSSR count). The van der Waals surface area contributed by atoms with Gasteiger partial charge in [-0.2, -0.15) is 0 Å². The van der Waals surface area contributed by atoms with E-state index in [1.807, 2.05) is 0 Å². The number of halogens is 2. The van der Waals surface area contributed by atoms with Crippen LogP contribution in [0.2, 0.25) is 5.02 Å². The van der Waals surface area contributed by atoms with E-state index in [0.717, 1.165) is 5.56 Å². The molecule has 0 aromatic heterocycles. The molecule has 0 saturated heterocycles. The van der Waals surface area contributed by atoms with Crippen molar-refractivity contribution in [2.45, 2.75) is 19.3 Å². The quantitative estimate of drug-likeness (QED) is 0.869. The highest BCUT2D eigenvalue weighted by molar-refractivity contribution is 6.31. The van der Waals surface area contributed by atoms with E-state index in [2.05, 4.69) is 0 Å². The smallest absolute Gasteiger partial charge is 0.303 e. The number of hydrogen-bond donors (Lipinski definition) is 1. The van der Waals surface area contributed by atoms with Crippen LogP contribution in [0.25, 0.3) is 0 Å². The van der Waals surface area contributed by atoms with Crippen LogP contribution in [0.5, 0.6) is 5.75 Å². The van der Waals surface area contributed by atoms with Gasteiger partial charge in [-0.1, -0.05) is 11.6 Å². The van der Waals surface area contributed by atoms with E-state index >= 15 is 0 Å². The molecule has 3 nitrogen and oxygen atoms in total. The van der Waals surface area contributed by atoms with Crippen molar-refractivity contribution in [3.63, 3.8) is 0 Å². The number of carboxylic acid groups (broad SMARTS) is 1. The lowest BCUT2D eigenvalue weighted by Crippen LogP contribution is -1.97. The molecule has 0 unspecified atom stereocenters. The number of aryl methyl sites for hydroxylation is 1. The highest BCUT2D eigenvalue weighted by atomic mass is 35.5. The molecule has 0 aliphatic heterocycles. The molecular formula is C11H12ClFO3. The van der Waals surface area contributed by atoms with Crippen molar-refractivity contribution in [1.82, 2.24) is 0 Å². The Hall–Kier alpha value is -1.29. The predicted octanol–water partition coefficient (Wildman–Crippen LogP) is 2.90. The second-order valence-corrected chi connectivity index (χ2v) is 3.75. The molecule has 0 aliphatic rings. The maximum Gasteiger partial charge on any atom is 0.303 e. The minimum Gasteiger partial charge on any atom is -0.494 e. The van der Waals surface area contributed by atoms with E-state index in [-0.39, 0.29) is 17.2 Å². The topological polar surface area (TPSA) is 46.5 Å². The zero-order valence-electron chi connectivity index (χ0n) is 8.80. The van der Waals surface area contributed by atoms with Crippen molar-refractivity contribution < 1.29 is 19.0 Å². The van der Waals surface area contributed by atoms with E-state index in [9.17, 15) is 9.18 Å². The van der Waals surface area contributed by atoms with Crippen LogP contribution in [0.1, 0.15) is 18.4 Å². The first-order chi connectivity index (χ1) is 7.54. The molecule has 0 aliphatic carbocycles. The van der Waals surface area contributed by atoms with E-state index in [0.29, 0.717) is 12.8 Å². The number of carbonyl (C=O) groups is 1. The zero-order valence-corrected chi connectivity index (χ0v) is 9.55. The summed E-state index contributed by atoms with van der Waals surface area (Å²) in [7, 11) is 1.36. The summed E-state index contributed by atoms with van der Waals surface area (Å²) in [5.74, 6) is -1.36. The Labute approximate surface area is 97.8 Å². The molecule has 16 heavy (non-hydrogen) atoms. The SMILES string of the molecule is COc1cc(CCCC(=O)O)cc(Cl)c1F. The Morgan fingerprint density at radius 3 is 2.81 bits per heavy atom. The second kappa shape index (κ2) is 5.70. The minimum atomic E-state index is -0.847. The molecule has 0 radical (unpaired) electrons. The number of hydrogen-bond acceptors (Lipinski definition) is 2. The summed E-state index contributed by atoms with van der Waals surface area (Å²) in [5.41, 5.74) is 0.768. The maximum atomic E-state index is 13.3. The highest BCUT2D eigenvalue weighted by Gasteiger charge is 2.09. The first-order valence-electron chi connectivity index (χ1n) is 4.78. The van der Waals surface area contributed by atoms with Crippen molar-refractivity contribution >= 4 is 17.6 Å². The third-order valence-electron chi connectivity index (χ3n) is 2.13. The first-order valence-corrected chi connectivity index (χ1v) is 5.16. The van der Waals surface area contributed by atoms with Crippen LogP contribution in [0.15, 0.2) is 12.1 Å². The Morgan fingerprint density at radius 2 is 2.25 bits per heavy atom. The van der Waals surface area contributed by atoms with Crippen LogP contribution in [0, 0.1) is 5.82 Å². The van der Waals surface area contributed by atoms with Gasteiger partial charge in [0, 0.05) is 6.42 Å². The average molecular weight is 247 g/mol. The van der Waals surface area contributed by atoms with Crippen molar-refractivity contribution in [2.75, 3.05) is 7.11 Å². The molecular weight excluding hydrogens is 235 g/mol. The van der Waals surface area contributed by atoms with Crippen LogP contribution in [0.4, 0.5) is 4.39 Å². The summed E-state index contributed by atoms with van der Waals surface area (Å²) in [4.78, 5) is 10.3. The van der Waals surface area contributed by atoms with Crippen molar-refractivity contribution in [2.24, 2.45) is 0 Å². The Kier molecular flexibility index (Phi) is 4.55. The number of methoxy groups -OCH3 is 1. The number of carboxylic acids is 1. The molecule has 0 saturated carbocycles. The lowest BCUT2D eigenvalue weighted by molar-refractivity contribution is -0.137. The maximum absolute atomic E-state index is 13.3. The van der Waals surface area contributed by atoms with Gasteiger partial charge >= 0.3 is 5.97 Å². The Bertz CT molecular complexity index is 393. The Morgan fingerprint density at radius 1 is 1.56 bits per heavy atom. The summed E-state index contributed by atoms with van der Waals surface area (Å²) in [6, 6.07) is 3.02. The molecule has 1 aromatic carbocycles. The summed E-state index contributed by atoms with van der Waals surface area (Å²) < 4.78 is 18.1. The first kappa shape index (κ1) is 12.8. The van der Waals surface area contributed by atoms with E-state index in [4.69, 9.17) is 21.4 Å². The molecule has 0 fully saturated rings. The van der Waals surface area contributed by atoms with Gasteiger partial charge in [-0.25, -0.2) is 4.39 Å². The van der Waals surface area contributed by atoms with Gasteiger partial charge in [-0.05, 0) is 30.5 Å². The Balaban J connectivity index is 2.74. The molecule has 1 N–H and O–H groups in total. The van der Waals surface area contributed by atoms with Crippen molar-refractivity contribution in [3.8, 4) is 5.75 Å². The normalized spacial score (nSPS) is 10.2. The van der Waals surface area contributed by atoms with Gasteiger partial charge in [-0.3, -0.25) is 4.79 Å². The summed E-state index contributed by atoms with van der Waals surface area (Å²) in [5, 5.41) is 8.47. The summed E-state index contributed by atoms with van der Waals surface area (Å²) in [6.07, 6.45) is 1.10. The fraction of sp³-hybridized carbons (Fsp3) is 0.364. The van der Waals surface area contributed by atoms with E-state index in [1.54, 1.807) is 0 Å². The number of aliphatic carboxylic acids is 1. The lowest BCUT2D eigenvalue weighted by atomic mass is 10.1. The van der Waals surface area contributed by atoms with Crippen LogP contribution < -0.4 is 4.74 Å². The van der Waals surface area contributed by atoms with Crippen LogP contribution in [-0.2, 0) is 11.2 Å². The molecule has 0 atom stereocenters. The third-order valence-corrected chi connectivity index (χ3v) is 2.41. The van der Waals surface area contributed by atoms with Gasteiger partial charge < -0.3 is 9.84 Å². The van der Waals surface area contributed by atoms with Crippen LogP contribution >= 0.6 is 11.6 Å². The molecule has 0 amide bonds. The third kappa shape index (κ3) is 3.38. The minimum absolute atomic E-state index is 0.00956. The van der Waals surface area contributed by atoms with Crippen LogP contribution in [-0.4, -0.2) is 18.2 Å². The van der Waals surface area contributed by atoms with Gasteiger partial charge in [0.05, 0.1) is 12.1 Å². The number of ether oxygens (including phenoxy) is 1. The van der Waals surface area contributed by atoms with Crippen molar-refractivity contribution in [3.05, 3.63) is 28.5 Å². The van der Waals surface area contributed by atoms with E-state index in [1.165, 1.54) is 19.2 Å². The summed E-state index contributed by atoms with van der Waals surface area (Å²) in [6.45, 7) is 0. The van der Waals surface area contributed by atoms with Gasteiger partial charge in [-0.15, -0.1) is 0 Å². The van der Waals surface area contributed by atoms with E-state index < -0.39 is 11.8 Å². The lowest BCUT2D eigenvalue weighted by Gasteiger charge is -2.07. The highest BCUT2D eigenvalue weighted by Crippen LogP contribution is 2.27. The average Bonchev–Trinajstić information content (AvgIpc) is 2.22. The molecule has 1 aromatic rings. The summed E-state index contributed by atoms with van der Waals surface area (Å²) >= 11 is 5.67. The van der Waals surface area contributed by atoms with Crippen LogP contribution in [0.3, 0.4) is 0 Å². The molecule has 5 heteroatoms. The fourth-order valence-electron chi connectivity index (χ4n) is 1.35.